The Bertz CT molecular complexity index is 794. The number of aromatic amines is 1. The first-order valence-corrected chi connectivity index (χ1v) is 6.46. The van der Waals surface area contributed by atoms with Gasteiger partial charge in [0.15, 0.2) is 0 Å². The first kappa shape index (κ1) is 13.0. The number of esters is 1. The maximum Gasteiger partial charge on any atom is 0.355 e. The van der Waals surface area contributed by atoms with Crippen molar-refractivity contribution >= 4 is 40.1 Å². The molecule has 20 heavy (non-hydrogen) atoms. The number of benzene rings is 1. The summed E-state index contributed by atoms with van der Waals surface area (Å²) in [5.41, 5.74) is 1.81. The number of hydrogen-bond acceptors (Lipinski definition) is 3. The average molecular weight is 310 g/mol. The van der Waals surface area contributed by atoms with Gasteiger partial charge in [-0.05, 0) is 18.2 Å². The molecule has 2 heterocycles. The minimum Gasteiger partial charge on any atom is -0.464 e. The van der Waals surface area contributed by atoms with Gasteiger partial charge in [-0.2, -0.15) is 5.10 Å². The Balaban J connectivity index is 2.40. The standard InChI is InChI=1S/C13H9Cl2N3O2/c1-20-13(19)11-4-8-10(3-2-9(14)12(8)15)18(11)7-5-16-17-6-7/h2-6H,1H3,(H,16,17). The van der Waals surface area contributed by atoms with Gasteiger partial charge < -0.3 is 9.30 Å². The van der Waals surface area contributed by atoms with E-state index in [1.54, 1.807) is 35.2 Å². The largest absolute Gasteiger partial charge is 0.464 e. The molecule has 0 fully saturated rings. The van der Waals surface area contributed by atoms with Gasteiger partial charge in [-0.15, -0.1) is 0 Å². The van der Waals surface area contributed by atoms with Crippen LogP contribution < -0.4 is 0 Å². The number of aromatic nitrogens is 3. The fourth-order valence-corrected chi connectivity index (χ4v) is 2.50. The normalized spacial score (nSPS) is 10.9. The number of nitrogens with one attached hydrogen (secondary N) is 1. The van der Waals surface area contributed by atoms with Crippen molar-refractivity contribution in [3.8, 4) is 5.69 Å². The number of nitrogens with zero attached hydrogens (tertiary/aromatic N) is 2. The number of halogens is 2. The van der Waals surface area contributed by atoms with Gasteiger partial charge >= 0.3 is 5.97 Å². The summed E-state index contributed by atoms with van der Waals surface area (Å²) in [6.45, 7) is 0. The molecular weight excluding hydrogens is 301 g/mol. The molecule has 0 spiro atoms. The monoisotopic (exact) mass is 309 g/mol. The van der Waals surface area contributed by atoms with E-state index in [1.807, 2.05) is 0 Å². The molecule has 102 valence electrons. The third-order valence-corrected chi connectivity index (χ3v) is 3.83. The molecule has 0 saturated heterocycles. The SMILES string of the molecule is COC(=O)c1cc2c(Cl)c(Cl)ccc2n1-c1cn[nH]c1. The molecular formula is C13H9Cl2N3O2. The number of fused-ring (bicyclic) bond motifs is 1. The molecule has 3 aromatic rings. The van der Waals surface area contributed by atoms with Crippen molar-refractivity contribution in [3.63, 3.8) is 0 Å². The smallest absolute Gasteiger partial charge is 0.355 e. The summed E-state index contributed by atoms with van der Waals surface area (Å²) >= 11 is 12.2. The maximum absolute atomic E-state index is 11.9. The van der Waals surface area contributed by atoms with Gasteiger partial charge in [-0.3, -0.25) is 5.10 Å². The Morgan fingerprint density at radius 1 is 1.40 bits per heavy atom. The van der Waals surface area contributed by atoms with Gasteiger partial charge in [0, 0.05) is 11.6 Å². The van der Waals surface area contributed by atoms with Crippen LogP contribution in [0.2, 0.25) is 10.0 Å². The van der Waals surface area contributed by atoms with Crippen molar-refractivity contribution in [1.82, 2.24) is 14.8 Å². The van der Waals surface area contributed by atoms with Crippen molar-refractivity contribution < 1.29 is 9.53 Å². The highest BCUT2D eigenvalue weighted by Crippen LogP contribution is 2.34. The van der Waals surface area contributed by atoms with E-state index in [0.717, 1.165) is 5.52 Å². The van der Waals surface area contributed by atoms with Crippen LogP contribution in [0.15, 0.2) is 30.6 Å². The minimum atomic E-state index is -0.463. The van der Waals surface area contributed by atoms with Gasteiger partial charge in [0.1, 0.15) is 5.69 Å². The van der Waals surface area contributed by atoms with Crippen LogP contribution in [0.25, 0.3) is 16.6 Å². The maximum atomic E-state index is 11.9. The lowest BCUT2D eigenvalue weighted by Gasteiger charge is -2.06. The van der Waals surface area contributed by atoms with Gasteiger partial charge in [0.2, 0.25) is 0 Å². The van der Waals surface area contributed by atoms with Crippen LogP contribution in [-0.4, -0.2) is 27.8 Å². The average Bonchev–Trinajstić information content (AvgIpc) is 3.08. The molecule has 0 saturated carbocycles. The summed E-state index contributed by atoms with van der Waals surface area (Å²) in [5, 5.41) is 8.12. The molecule has 5 nitrogen and oxygen atoms in total. The number of carbonyl (C=O) groups is 1. The van der Waals surface area contributed by atoms with Gasteiger partial charge in [-0.25, -0.2) is 4.79 Å². The summed E-state index contributed by atoms with van der Waals surface area (Å²) in [4.78, 5) is 11.9. The van der Waals surface area contributed by atoms with Crippen LogP contribution in [0, 0.1) is 0 Å². The highest BCUT2D eigenvalue weighted by Gasteiger charge is 2.20. The lowest BCUT2D eigenvalue weighted by atomic mass is 10.2. The van der Waals surface area contributed by atoms with E-state index in [-0.39, 0.29) is 0 Å². The second-order valence-corrected chi connectivity index (χ2v) is 4.89. The van der Waals surface area contributed by atoms with E-state index in [9.17, 15) is 4.79 Å². The van der Waals surface area contributed by atoms with Crippen molar-refractivity contribution in [1.29, 1.82) is 0 Å². The molecule has 0 aliphatic carbocycles. The Morgan fingerprint density at radius 3 is 2.85 bits per heavy atom. The fourth-order valence-electron chi connectivity index (χ4n) is 2.12. The molecule has 0 aliphatic rings. The molecule has 3 rings (SSSR count). The van der Waals surface area contributed by atoms with E-state index in [1.165, 1.54) is 7.11 Å². The zero-order chi connectivity index (χ0) is 14.3. The molecule has 0 atom stereocenters. The summed E-state index contributed by atoms with van der Waals surface area (Å²) in [5.74, 6) is -0.463. The highest BCUT2D eigenvalue weighted by molar-refractivity contribution is 6.45. The number of methoxy groups -OCH3 is 1. The summed E-state index contributed by atoms with van der Waals surface area (Å²) < 4.78 is 6.52. The number of carbonyl (C=O) groups excluding carboxylic acids is 1. The second kappa shape index (κ2) is 4.85. The van der Waals surface area contributed by atoms with E-state index >= 15 is 0 Å². The van der Waals surface area contributed by atoms with Crippen LogP contribution in [0.4, 0.5) is 0 Å². The first-order valence-electron chi connectivity index (χ1n) is 5.70. The van der Waals surface area contributed by atoms with Crippen LogP contribution >= 0.6 is 23.2 Å². The Kier molecular flexibility index (Phi) is 3.16. The Labute approximate surface area is 124 Å². The third kappa shape index (κ3) is 1.87. The summed E-state index contributed by atoms with van der Waals surface area (Å²) in [6, 6.07) is 5.13. The van der Waals surface area contributed by atoms with Crippen LogP contribution in [0.3, 0.4) is 0 Å². The number of H-pyrrole nitrogens is 1. The summed E-state index contributed by atoms with van der Waals surface area (Å²) in [7, 11) is 1.33. The van der Waals surface area contributed by atoms with E-state index < -0.39 is 5.97 Å². The first-order chi connectivity index (χ1) is 9.63. The second-order valence-electron chi connectivity index (χ2n) is 4.11. The van der Waals surface area contributed by atoms with Crippen LogP contribution in [0.5, 0.6) is 0 Å². The minimum absolute atomic E-state index is 0.355. The highest BCUT2D eigenvalue weighted by atomic mass is 35.5. The zero-order valence-corrected chi connectivity index (χ0v) is 11.9. The number of ether oxygens (including phenoxy) is 1. The molecule has 0 unspecified atom stereocenters. The molecule has 0 aliphatic heterocycles. The third-order valence-electron chi connectivity index (χ3n) is 3.01. The predicted molar refractivity (Wildman–Crippen MR) is 76.8 cm³/mol. The van der Waals surface area contributed by atoms with E-state index in [2.05, 4.69) is 10.2 Å². The molecule has 0 bridgehead atoms. The molecule has 0 amide bonds. The van der Waals surface area contributed by atoms with Gasteiger partial charge in [0.25, 0.3) is 0 Å². The number of hydrogen-bond donors (Lipinski definition) is 1. The predicted octanol–water partition coefficient (Wildman–Crippen LogP) is 3.45. The fraction of sp³-hybridized carbons (Fsp3) is 0.0769. The summed E-state index contributed by atoms with van der Waals surface area (Å²) in [6.07, 6.45) is 3.28. The molecule has 1 N–H and O–H groups in total. The van der Waals surface area contributed by atoms with E-state index in [4.69, 9.17) is 27.9 Å². The lowest BCUT2D eigenvalue weighted by molar-refractivity contribution is 0.0592. The van der Waals surface area contributed by atoms with Crippen LogP contribution in [0.1, 0.15) is 10.5 Å². The molecule has 0 radical (unpaired) electrons. The quantitative estimate of drug-likeness (QED) is 0.738. The number of rotatable bonds is 2. The molecule has 2 aromatic heterocycles. The molecule has 1 aromatic carbocycles. The topological polar surface area (TPSA) is 59.9 Å². The van der Waals surface area contributed by atoms with E-state index in [0.29, 0.717) is 26.8 Å². The Morgan fingerprint density at radius 2 is 2.20 bits per heavy atom. The lowest BCUT2D eigenvalue weighted by Crippen LogP contribution is -2.08. The van der Waals surface area contributed by atoms with Gasteiger partial charge in [0.05, 0.1) is 34.6 Å². The van der Waals surface area contributed by atoms with Crippen molar-refractivity contribution in [3.05, 3.63) is 46.3 Å². The Hall–Kier alpha value is -1.98. The van der Waals surface area contributed by atoms with Crippen LogP contribution in [-0.2, 0) is 4.74 Å². The van der Waals surface area contributed by atoms with Crippen molar-refractivity contribution in [2.45, 2.75) is 0 Å². The van der Waals surface area contributed by atoms with Crippen molar-refractivity contribution in [2.75, 3.05) is 7.11 Å². The van der Waals surface area contributed by atoms with Crippen molar-refractivity contribution in [2.24, 2.45) is 0 Å². The zero-order valence-electron chi connectivity index (χ0n) is 10.4. The van der Waals surface area contributed by atoms with Gasteiger partial charge in [-0.1, -0.05) is 23.2 Å². The molecule has 7 heteroatoms.